The Balaban J connectivity index is 1.43. The number of amides is 1. The highest BCUT2D eigenvalue weighted by molar-refractivity contribution is 6.04. The molecule has 1 N–H and O–H groups in total. The van der Waals surface area contributed by atoms with E-state index in [2.05, 4.69) is 20.3 Å². The van der Waals surface area contributed by atoms with Crippen LogP contribution in [-0.4, -0.2) is 20.9 Å². The second-order valence-electron chi connectivity index (χ2n) is 6.29. The summed E-state index contributed by atoms with van der Waals surface area (Å²) in [5, 5.41) is 3.86. The van der Waals surface area contributed by atoms with Gasteiger partial charge in [0.05, 0.1) is 11.1 Å². The Hall–Kier alpha value is -4.06. The highest BCUT2D eigenvalue weighted by atomic mass is 16.3. The van der Waals surface area contributed by atoms with Gasteiger partial charge in [0, 0.05) is 23.5 Å². The van der Waals surface area contributed by atoms with Crippen LogP contribution in [0.5, 0.6) is 0 Å². The third-order valence-corrected chi connectivity index (χ3v) is 4.38. The van der Waals surface area contributed by atoms with Gasteiger partial charge in [-0.3, -0.25) is 9.78 Å². The van der Waals surface area contributed by atoms with Crippen molar-refractivity contribution >= 4 is 33.6 Å². The van der Waals surface area contributed by atoms with Crippen molar-refractivity contribution in [2.75, 3.05) is 5.32 Å². The molecule has 5 rings (SSSR count). The van der Waals surface area contributed by atoms with Gasteiger partial charge in [-0.15, -0.1) is 0 Å². The van der Waals surface area contributed by atoms with E-state index in [1.165, 1.54) is 0 Å². The largest absolute Gasteiger partial charge is 0.436 e. The molecule has 2 aromatic carbocycles. The highest BCUT2D eigenvalue weighted by Gasteiger charge is 2.12. The number of carbonyl (C=O) groups is 1. The first kappa shape index (κ1) is 16.1. The van der Waals surface area contributed by atoms with Crippen LogP contribution in [-0.2, 0) is 0 Å². The Labute approximate surface area is 159 Å². The van der Waals surface area contributed by atoms with Crippen LogP contribution in [0.15, 0.2) is 83.5 Å². The maximum atomic E-state index is 12.6. The smallest absolute Gasteiger partial charge is 0.274 e. The van der Waals surface area contributed by atoms with Gasteiger partial charge in [0.2, 0.25) is 5.89 Å². The van der Waals surface area contributed by atoms with Crippen LogP contribution in [0.2, 0.25) is 0 Å². The summed E-state index contributed by atoms with van der Waals surface area (Å²) in [4.78, 5) is 25.6. The maximum Gasteiger partial charge on any atom is 0.274 e. The van der Waals surface area contributed by atoms with E-state index < -0.39 is 0 Å². The van der Waals surface area contributed by atoms with Crippen molar-refractivity contribution in [1.82, 2.24) is 15.0 Å². The molecule has 0 bridgehead atoms. The van der Waals surface area contributed by atoms with E-state index in [0.29, 0.717) is 28.4 Å². The van der Waals surface area contributed by atoms with E-state index in [-0.39, 0.29) is 5.91 Å². The highest BCUT2D eigenvalue weighted by Crippen LogP contribution is 2.26. The molecular weight excluding hydrogens is 352 g/mol. The quantitative estimate of drug-likeness (QED) is 0.501. The van der Waals surface area contributed by atoms with Gasteiger partial charge in [-0.25, -0.2) is 9.97 Å². The van der Waals surface area contributed by atoms with Crippen molar-refractivity contribution in [2.24, 2.45) is 0 Å². The lowest BCUT2D eigenvalue weighted by molar-refractivity contribution is 0.102. The van der Waals surface area contributed by atoms with Crippen LogP contribution in [0.3, 0.4) is 0 Å². The molecule has 0 saturated heterocycles. The number of anilines is 1. The topological polar surface area (TPSA) is 80.9 Å². The van der Waals surface area contributed by atoms with Gasteiger partial charge in [-0.05, 0) is 42.5 Å². The van der Waals surface area contributed by atoms with Gasteiger partial charge in [0.25, 0.3) is 5.91 Å². The Morgan fingerprint density at radius 2 is 1.82 bits per heavy atom. The number of fused-ring (bicyclic) bond motifs is 2. The fourth-order valence-electron chi connectivity index (χ4n) is 3.01. The normalized spacial score (nSPS) is 11.0. The summed E-state index contributed by atoms with van der Waals surface area (Å²) in [6.07, 6.45) is 3.39. The molecule has 6 heteroatoms. The first-order valence-corrected chi connectivity index (χ1v) is 8.74. The van der Waals surface area contributed by atoms with Crippen LogP contribution in [0, 0.1) is 0 Å². The molecule has 1 amide bonds. The lowest BCUT2D eigenvalue weighted by atomic mass is 10.2. The minimum Gasteiger partial charge on any atom is -0.436 e. The number of pyridine rings is 2. The number of oxazole rings is 1. The molecule has 3 aromatic heterocycles. The molecule has 0 unspecified atom stereocenters. The second-order valence-corrected chi connectivity index (χ2v) is 6.29. The zero-order valence-corrected chi connectivity index (χ0v) is 14.7. The van der Waals surface area contributed by atoms with Crippen LogP contribution in [0.4, 0.5) is 5.69 Å². The number of nitrogens with zero attached hydrogens (tertiary/aromatic N) is 3. The summed E-state index contributed by atoms with van der Waals surface area (Å²) in [7, 11) is 0. The summed E-state index contributed by atoms with van der Waals surface area (Å²) in [5.41, 5.74) is 3.85. The van der Waals surface area contributed by atoms with Crippen LogP contribution >= 0.6 is 0 Å². The maximum absolute atomic E-state index is 12.6. The van der Waals surface area contributed by atoms with Crippen molar-refractivity contribution in [2.45, 2.75) is 0 Å². The van der Waals surface area contributed by atoms with Gasteiger partial charge in [0.15, 0.2) is 5.58 Å². The molecular formula is C22H14N4O2. The minimum absolute atomic E-state index is 0.277. The second kappa shape index (κ2) is 6.59. The molecule has 28 heavy (non-hydrogen) atoms. The number of para-hydroxylation sites is 1. The van der Waals surface area contributed by atoms with E-state index in [1.807, 2.05) is 42.5 Å². The van der Waals surface area contributed by atoms with Crippen LogP contribution in [0.1, 0.15) is 10.5 Å². The van der Waals surface area contributed by atoms with Gasteiger partial charge in [0.1, 0.15) is 11.2 Å². The fraction of sp³-hybridized carbons (Fsp3) is 0. The molecule has 6 nitrogen and oxygen atoms in total. The first-order valence-electron chi connectivity index (χ1n) is 8.74. The van der Waals surface area contributed by atoms with Crippen LogP contribution in [0.25, 0.3) is 33.5 Å². The monoisotopic (exact) mass is 366 g/mol. The number of hydrogen-bond acceptors (Lipinski definition) is 5. The zero-order chi connectivity index (χ0) is 18.9. The average Bonchev–Trinajstić information content (AvgIpc) is 3.17. The zero-order valence-electron chi connectivity index (χ0n) is 14.7. The molecule has 5 aromatic rings. The molecule has 0 radical (unpaired) electrons. The number of rotatable bonds is 3. The summed E-state index contributed by atoms with van der Waals surface area (Å²) >= 11 is 0. The predicted octanol–water partition coefficient (Wildman–Crippen LogP) is 4.69. The van der Waals surface area contributed by atoms with E-state index in [9.17, 15) is 4.79 Å². The molecule has 0 aliphatic rings. The summed E-state index contributed by atoms with van der Waals surface area (Å²) in [5.74, 6) is 0.212. The van der Waals surface area contributed by atoms with E-state index in [0.717, 1.165) is 16.5 Å². The van der Waals surface area contributed by atoms with Crippen molar-refractivity contribution < 1.29 is 9.21 Å². The number of aromatic nitrogens is 3. The lowest BCUT2D eigenvalue weighted by Crippen LogP contribution is -2.13. The molecule has 0 aliphatic heterocycles. The molecule has 134 valence electrons. The molecule has 0 atom stereocenters. The summed E-state index contributed by atoms with van der Waals surface area (Å²) < 4.78 is 5.77. The molecule has 0 spiro atoms. The number of carbonyl (C=O) groups excluding carboxylic acids is 1. The minimum atomic E-state index is -0.277. The molecule has 3 heterocycles. The van der Waals surface area contributed by atoms with Crippen molar-refractivity contribution in [1.29, 1.82) is 0 Å². The fourth-order valence-corrected chi connectivity index (χ4v) is 3.01. The standard InChI is InChI=1S/C22H14N4O2/c27-21(18-9-7-14-4-1-2-6-17(14)25-18)24-16-8-10-20-19(12-16)26-22(28-20)15-5-3-11-23-13-15/h1-13H,(H,24,27). The van der Waals surface area contributed by atoms with Gasteiger partial charge in [-0.1, -0.05) is 24.3 Å². The van der Waals surface area contributed by atoms with Crippen molar-refractivity contribution in [3.8, 4) is 11.5 Å². The van der Waals surface area contributed by atoms with Crippen LogP contribution < -0.4 is 5.32 Å². The lowest BCUT2D eigenvalue weighted by Gasteiger charge is -2.05. The average molecular weight is 366 g/mol. The number of benzene rings is 2. The van der Waals surface area contributed by atoms with Gasteiger partial charge >= 0.3 is 0 Å². The van der Waals surface area contributed by atoms with E-state index in [1.54, 1.807) is 36.7 Å². The SMILES string of the molecule is O=C(Nc1ccc2oc(-c3cccnc3)nc2c1)c1ccc2ccccc2n1. The Bertz CT molecular complexity index is 1310. The van der Waals surface area contributed by atoms with E-state index in [4.69, 9.17) is 4.42 Å². The predicted molar refractivity (Wildman–Crippen MR) is 107 cm³/mol. The van der Waals surface area contributed by atoms with Gasteiger partial charge in [-0.2, -0.15) is 0 Å². The molecule has 0 aliphatic carbocycles. The molecule has 0 fully saturated rings. The Kier molecular flexibility index (Phi) is 3.80. The molecule has 0 saturated carbocycles. The summed E-state index contributed by atoms with van der Waals surface area (Å²) in [6, 6.07) is 20.3. The van der Waals surface area contributed by atoms with Crippen molar-refractivity contribution in [3.05, 3.63) is 84.8 Å². The number of hydrogen-bond donors (Lipinski definition) is 1. The third-order valence-electron chi connectivity index (χ3n) is 4.38. The van der Waals surface area contributed by atoms with E-state index >= 15 is 0 Å². The van der Waals surface area contributed by atoms with Gasteiger partial charge < -0.3 is 9.73 Å². The number of nitrogens with one attached hydrogen (secondary N) is 1. The first-order chi connectivity index (χ1) is 13.8. The Morgan fingerprint density at radius 1 is 0.893 bits per heavy atom. The van der Waals surface area contributed by atoms with Crippen molar-refractivity contribution in [3.63, 3.8) is 0 Å². The third kappa shape index (κ3) is 2.97. The summed E-state index contributed by atoms with van der Waals surface area (Å²) in [6.45, 7) is 0. The Morgan fingerprint density at radius 3 is 2.71 bits per heavy atom.